The molecule has 8 heteroatoms. The van der Waals surface area contributed by atoms with Crippen LogP contribution in [0.15, 0.2) is 35.1 Å². The van der Waals surface area contributed by atoms with Crippen LogP contribution in [-0.4, -0.2) is 17.6 Å². The van der Waals surface area contributed by atoms with Crippen LogP contribution in [0.4, 0.5) is 8.78 Å². The zero-order valence-electron chi connectivity index (χ0n) is 11.8. The quantitative estimate of drug-likeness (QED) is 0.709. The summed E-state index contributed by atoms with van der Waals surface area (Å²) in [7, 11) is 0. The molecule has 2 rings (SSSR count). The number of benzene rings is 1. The van der Waals surface area contributed by atoms with Gasteiger partial charge in [-0.05, 0) is 17.2 Å². The molecule has 0 amide bonds. The molecule has 0 atom stereocenters. The molecule has 0 bridgehead atoms. The third kappa shape index (κ3) is 5.10. The molecule has 0 aliphatic rings. The molecule has 1 heterocycles. The molecule has 0 aliphatic carbocycles. The Hall–Kier alpha value is -1.29. The van der Waals surface area contributed by atoms with E-state index in [0.29, 0.717) is 11.3 Å². The third-order valence-electron chi connectivity index (χ3n) is 2.80. The summed E-state index contributed by atoms with van der Waals surface area (Å²) >= 11 is 6.12. The van der Waals surface area contributed by atoms with E-state index >= 15 is 0 Å². The first-order valence-corrected chi connectivity index (χ1v) is 6.60. The average Bonchev–Trinajstić information content (AvgIpc) is 2.47. The summed E-state index contributed by atoms with van der Waals surface area (Å²) in [4.78, 5) is 11.8. The van der Waals surface area contributed by atoms with E-state index in [1.165, 1.54) is 24.3 Å². The standard InChI is InChI=1S/C15H10ClF2N2O2.Y/c16-12-8-10(22-7-6-19)4-5-11(12)13-2-1-3-15(21)20(13)9-14(17)18;/h1,3-5,8,14H,7,9H2;/q-1;. The Bertz CT molecular complexity index is 775. The smallest absolute Gasteiger partial charge is 0.256 e. The SMILES string of the molecule is N#CCOc1ccc(-c2[c-]ccc(=O)n2CC(F)F)c(Cl)c1.[Y]. The summed E-state index contributed by atoms with van der Waals surface area (Å²) in [5.74, 6) is 0.369. The summed E-state index contributed by atoms with van der Waals surface area (Å²) < 4.78 is 31.3. The zero-order chi connectivity index (χ0) is 16.1. The number of pyridine rings is 1. The van der Waals surface area contributed by atoms with E-state index in [0.717, 1.165) is 10.6 Å². The van der Waals surface area contributed by atoms with E-state index < -0.39 is 18.5 Å². The van der Waals surface area contributed by atoms with Crippen molar-refractivity contribution in [2.45, 2.75) is 13.0 Å². The molecular weight excluding hydrogens is 403 g/mol. The van der Waals surface area contributed by atoms with Gasteiger partial charge in [0, 0.05) is 32.7 Å². The monoisotopic (exact) mass is 412 g/mol. The molecule has 0 aliphatic heterocycles. The van der Waals surface area contributed by atoms with E-state index in [1.807, 2.05) is 6.07 Å². The Morgan fingerprint density at radius 3 is 2.74 bits per heavy atom. The molecule has 0 N–H and O–H groups in total. The first-order chi connectivity index (χ1) is 10.5. The molecule has 0 unspecified atom stereocenters. The first kappa shape index (κ1) is 19.8. The average molecular weight is 413 g/mol. The fraction of sp³-hybridized carbons (Fsp3) is 0.200. The van der Waals surface area contributed by atoms with E-state index in [9.17, 15) is 13.6 Å². The summed E-state index contributed by atoms with van der Waals surface area (Å²) in [5, 5.41) is 8.67. The van der Waals surface area contributed by atoms with Gasteiger partial charge in [0.2, 0.25) is 0 Å². The summed E-state index contributed by atoms with van der Waals surface area (Å²) in [6, 6.07) is 11.6. The molecule has 2 aromatic rings. The maximum absolute atomic E-state index is 12.6. The van der Waals surface area contributed by atoms with Crippen molar-refractivity contribution in [2.24, 2.45) is 0 Å². The molecule has 23 heavy (non-hydrogen) atoms. The maximum Gasteiger partial charge on any atom is 0.256 e. The molecule has 4 nitrogen and oxygen atoms in total. The molecule has 0 fully saturated rings. The van der Waals surface area contributed by atoms with Crippen LogP contribution in [0.2, 0.25) is 5.02 Å². The van der Waals surface area contributed by atoms with Crippen LogP contribution in [0.1, 0.15) is 0 Å². The van der Waals surface area contributed by atoms with E-state index in [-0.39, 0.29) is 50.0 Å². The van der Waals surface area contributed by atoms with Gasteiger partial charge in [0.1, 0.15) is 11.8 Å². The normalized spacial score (nSPS) is 10.0. The fourth-order valence-electron chi connectivity index (χ4n) is 1.91. The van der Waals surface area contributed by atoms with E-state index in [1.54, 1.807) is 0 Å². The van der Waals surface area contributed by atoms with E-state index in [2.05, 4.69) is 6.07 Å². The van der Waals surface area contributed by atoms with E-state index in [4.69, 9.17) is 21.6 Å². The number of nitriles is 1. The second kappa shape index (κ2) is 9.12. The fourth-order valence-corrected chi connectivity index (χ4v) is 2.17. The summed E-state index contributed by atoms with van der Waals surface area (Å²) in [5.41, 5.74) is -0.0103. The number of ether oxygens (including phenoxy) is 1. The van der Waals surface area contributed by atoms with Crippen molar-refractivity contribution in [3.05, 3.63) is 51.8 Å². The Balaban J connectivity index is 0.00000264. The maximum atomic E-state index is 12.6. The second-order valence-corrected chi connectivity index (χ2v) is 4.66. The minimum absolute atomic E-state index is 0. The molecule has 0 spiro atoms. The van der Waals surface area contributed by atoms with Gasteiger partial charge >= 0.3 is 0 Å². The molecule has 1 aromatic carbocycles. The van der Waals surface area contributed by atoms with Gasteiger partial charge in [-0.2, -0.15) is 17.4 Å². The van der Waals surface area contributed by atoms with Crippen LogP contribution in [0.5, 0.6) is 5.75 Å². The Labute approximate surface area is 161 Å². The molecule has 117 valence electrons. The minimum atomic E-state index is -2.68. The Morgan fingerprint density at radius 1 is 1.39 bits per heavy atom. The van der Waals surface area contributed by atoms with Gasteiger partial charge in [-0.25, -0.2) is 8.78 Å². The van der Waals surface area contributed by atoms with Crippen molar-refractivity contribution in [2.75, 3.05) is 6.61 Å². The number of rotatable bonds is 5. The van der Waals surface area contributed by atoms with Gasteiger partial charge in [0.25, 0.3) is 6.43 Å². The van der Waals surface area contributed by atoms with Gasteiger partial charge in [-0.3, -0.25) is 4.79 Å². The van der Waals surface area contributed by atoms with Crippen molar-refractivity contribution in [1.82, 2.24) is 4.57 Å². The summed E-state index contributed by atoms with van der Waals surface area (Å²) in [6.45, 7) is -0.877. The number of aromatic nitrogens is 1. The predicted molar refractivity (Wildman–Crippen MR) is 77.1 cm³/mol. The second-order valence-electron chi connectivity index (χ2n) is 4.25. The zero-order valence-corrected chi connectivity index (χ0v) is 15.4. The molecular formula is C15H10ClF2N2O2Y-. The molecule has 1 radical (unpaired) electrons. The molecule has 0 saturated heterocycles. The van der Waals surface area contributed by atoms with Gasteiger partial charge in [0.15, 0.2) is 12.2 Å². The van der Waals surface area contributed by atoms with Gasteiger partial charge in [0.05, 0.1) is 6.54 Å². The van der Waals surface area contributed by atoms with Crippen LogP contribution in [0.3, 0.4) is 0 Å². The van der Waals surface area contributed by atoms with Crippen molar-refractivity contribution >= 4 is 11.6 Å². The van der Waals surface area contributed by atoms with Crippen LogP contribution < -0.4 is 10.3 Å². The number of halogens is 3. The van der Waals surface area contributed by atoms with Gasteiger partial charge in [-0.1, -0.05) is 28.9 Å². The van der Waals surface area contributed by atoms with Gasteiger partial charge in [-0.15, -0.1) is 6.07 Å². The number of nitrogens with zero attached hydrogens (tertiary/aromatic N) is 2. The van der Waals surface area contributed by atoms with Crippen LogP contribution in [-0.2, 0) is 39.3 Å². The minimum Gasteiger partial charge on any atom is -0.479 e. The van der Waals surface area contributed by atoms with Crippen molar-refractivity contribution in [3.63, 3.8) is 0 Å². The topological polar surface area (TPSA) is 55.0 Å². The van der Waals surface area contributed by atoms with Crippen molar-refractivity contribution in [1.29, 1.82) is 5.26 Å². The van der Waals surface area contributed by atoms with Crippen LogP contribution in [0.25, 0.3) is 11.3 Å². The Morgan fingerprint density at radius 2 is 2.13 bits per heavy atom. The van der Waals surface area contributed by atoms with Crippen LogP contribution >= 0.6 is 11.6 Å². The number of alkyl halides is 2. The Kier molecular flexibility index (Phi) is 7.83. The number of hydrogen-bond acceptors (Lipinski definition) is 3. The summed E-state index contributed by atoms with van der Waals surface area (Å²) in [6.07, 6.45) is -2.68. The predicted octanol–water partition coefficient (Wildman–Crippen LogP) is 3.13. The van der Waals surface area contributed by atoms with Crippen molar-refractivity contribution < 1.29 is 46.2 Å². The first-order valence-electron chi connectivity index (χ1n) is 6.22. The van der Waals surface area contributed by atoms with Crippen molar-refractivity contribution in [3.8, 4) is 23.1 Å². The van der Waals surface area contributed by atoms with Crippen LogP contribution in [0, 0.1) is 17.4 Å². The largest absolute Gasteiger partial charge is 0.479 e. The molecule has 0 saturated carbocycles. The van der Waals surface area contributed by atoms with Gasteiger partial charge < -0.3 is 9.30 Å². The third-order valence-corrected chi connectivity index (χ3v) is 3.11. The number of hydrogen-bond donors (Lipinski definition) is 0. The molecule has 1 aromatic heterocycles.